The first-order valence-electron chi connectivity index (χ1n) is 13.8. The van der Waals surface area contributed by atoms with Crippen molar-refractivity contribution in [3.05, 3.63) is 12.7 Å². The summed E-state index contributed by atoms with van der Waals surface area (Å²) in [7, 11) is -5.78. The van der Waals surface area contributed by atoms with Crippen LogP contribution in [0.1, 0.15) is 74.5 Å². The second-order valence-corrected chi connectivity index (χ2v) is 20.8. The predicted octanol–water partition coefficient (Wildman–Crippen LogP) is 3.77. The second-order valence-electron chi connectivity index (χ2n) is 11.9. The maximum absolute atomic E-state index is 12.5. The first-order valence-corrected chi connectivity index (χ1v) is 17.7. The van der Waals surface area contributed by atoms with Crippen molar-refractivity contribution >= 4 is 34.1 Å². The number of aliphatic hydroxyl groups excluding tert-OH is 1. The molecule has 0 bridgehead atoms. The highest BCUT2D eigenvalue weighted by Crippen LogP contribution is 2.52. The lowest BCUT2D eigenvalue weighted by atomic mass is 9.89. The molecule has 0 aromatic carbocycles. The van der Waals surface area contributed by atoms with E-state index in [4.69, 9.17) is 23.4 Å². The molecule has 13 heteroatoms. The fourth-order valence-electron chi connectivity index (χ4n) is 6.22. The summed E-state index contributed by atoms with van der Waals surface area (Å²) < 4.78 is 29.7. The highest BCUT2D eigenvalue weighted by molar-refractivity contribution is 6.84. The van der Waals surface area contributed by atoms with Crippen molar-refractivity contribution in [3.8, 4) is 0 Å². The molecule has 2 aromatic rings. The Labute approximate surface area is 227 Å². The summed E-state index contributed by atoms with van der Waals surface area (Å²) in [5, 5.41) is 22.2. The number of ether oxygens (including phenoxy) is 1. The van der Waals surface area contributed by atoms with E-state index in [1.54, 1.807) is 10.9 Å². The van der Waals surface area contributed by atoms with Crippen LogP contribution < -0.4 is 5.73 Å². The Morgan fingerprint density at radius 3 is 2.24 bits per heavy atom. The van der Waals surface area contributed by atoms with E-state index in [-0.39, 0.29) is 47.6 Å². The topological polar surface area (TPSA) is 147 Å². The third-order valence-corrected chi connectivity index (χ3v) is 18.5. The molecule has 0 spiro atoms. The largest absolute Gasteiger partial charge is 0.414 e. The molecule has 0 saturated carbocycles. The van der Waals surface area contributed by atoms with Crippen LogP contribution in [0.5, 0.6) is 0 Å². The Morgan fingerprint density at radius 1 is 1.03 bits per heavy atom. The minimum Gasteiger partial charge on any atom is -0.414 e. The molecular weight excluding hydrogens is 522 g/mol. The van der Waals surface area contributed by atoms with E-state index >= 15 is 0 Å². The van der Waals surface area contributed by atoms with E-state index < -0.39 is 41.2 Å². The molecule has 38 heavy (non-hydrogen) atoms. The molecule has 214 valence electrons. The Hall–Kier alpha value is -1.46. The van der Waals surface area contributed by atoms with Gasteiger partial charge in [0, 0.05) is 6.61 Å². The monoisotopic (exact) mass is 567 g/mol. The van der Waals surface area contributed by atoms with Gasteiger partial charge in [0.15, 0.2) is 17.7 Å². The maximum Gasteiger partial charge on any atom is 0.335 e. The molecule has 2 saturated heterocycles. The SMILES string of the molecule is CC(C)[Si]1(C(C)C)OC[C@H]2OC(n3cnc4c(N)ncnc43)[C@@](O)(CCCO)[C@@H]2O[Si](C(C)C)(C(C)C)O1. The quantitative estimate of drug-likeness (QED) is 0.403. The maximum atomic E-state index is 12.5. The van der Waals surface area contributed by atoms with Crippen molar-refractivity contribution in [2.45, 2.75) is 114 Å². The third-order valence-electron chi connectivity index (χ3n) is 8.26. The molecule has 4 heterocycles. The summed E-state index contributed by atoms with van der Waals surface area (Å²) in [5.74, 6) is 0.250. The number of nitrogen functional groups attached to an aromatic ring is 1. The Balaban J connectivity index is 1.88. The van der Waals surface area contributed by atoms with E-state index in [0.717, 1.165) is 0 Å². The van der Waals surface area contributed by atoms with Crippen molar-refractivity contribution in [1.82, 2.24) is 19.5 Å². The van der Waals surface area contributed by atoms with Gasteiger partial charge < -0.3 is 33.7 Å². The minimum atomic E-state index is -3.01. The predicted molar refractivity (Wildman–Crippen MR) is 149 cm³/mol. The fourth-order valence-corrected chi connectivity index (χ4v) is 17.5. The Kier molecular flexibility index (Phi) is 8.42. The van der Waals surface area contributed by atoms with Crippen LogP contribution in [-0.2, 0) is 17.7 Å². The zero-order chi connectivity index (χ0) is 28.0. The number of aromatic nitrogens is 4. The lowest BCUT2D eigenvalue weighted by molar-refractivity contribution is -0.113. The summed E-state index contributed by atoms with van der Waals surface area (Å²) >= 11 is 0. The molecule has 11 nitrogen and oxygen atoms in total. The summed E-state index contributed by atoms with van der Waals surface area (Å²) in [6.07, 6.45) is 1.37. The van der Waals surface area contributed by atoms with E-state index in [0.29, 0.717) is 17.6 Å². The van der Waals surface area contributed by atoms with Crippen LogP contribution in [0.3, 0.4) is 0 Å². The second kappa shape index (κ2) is 10.8. The van der Waals surface area contributed by atoms with E-state index in [2.05, 4.69) is 70.3 Å². The minimum absolute atomic E-state index is 0.0765. The van der Waals surface area contributed by atoms with E-state index in [1.165, 1.54) is 6.33 Å². The van der Waals surface area contributed by atoms with Crippen LogP contribution in [-0.4, -0.2) is 77.9 Å². The normalized spacial score (nSPS) is 29.4. The number of hydrogen-bond acceptors (Lipinski definition) is 10. The number of fused-ring (bicyclic) bond motifs is 2. The van der Waals surface area contributed by atoms with Gasteiger partial charge in [-0.1, -0.05) is 55.4 Å². The van der Waals surface area contributed by atoms with Crippen molar-refractivity contribution in [2.24, 2.45) is 0 Å². The van der Waals surface area contributed by atoms with Crippen LogP contribution >= 0.6 is 0 Å². The van der Waals surface area contributed by atoms with Gasteiger partial charge >= 0.3 is 17.1 Å². The number of hydrogen-bond donors (Lipinski definition) is 3. The van der Waals surface area contributed by atoms with Gasteiger partial charge in [0.1, 0.15) is 29.7 Å². The average molecular weight is 568 g/mol. The molecule has 0 aliphatic carbocycles. The number of imidazole rings is 1. The highest BCUT2D eigenvalue weighted by Gasteiger charge is 2.65. The average Bonchev–Trinajstić information content (AvgIpc) is 3.37. The van der Waals surface area contributed by atoms with Crippen molar-refractivity contribution in [3.63, 3.8) is 0 Å². The van der Waals surface area contributed by atoms with Crippen LogP contribution in [0, 0.1) is 0 Å². The lowest BCUT2D eigenvalue weighted by Crippen LogP contribution is -2.67. The van der Waals surface area contributed by atoms with Crippen LogP contribution in [0.2, 0.25) is 22.2 Å². The zero-order valence-electron chi connectivity index (χ0n) is 23.9. The van der Waals surface area contributed by atoms with Crippen LogP contribution in [0.15, 0.2) is 12.7 Å². The molecule has 2 aliphatic heterocycles. The molecule has 4 rings (SSSR count). The smallest absolute Gasteiger partial charge is 0.335 e. The molecule has 2 aliphatic rings. The molecule has 2 fully saturated rings. The molecule has 1 unspecified atom stereocenters. The highest BCUT2D eigenvalue weighted by atomic mass is 28.5. The van der Waals surface area contributed by atoms with Crippen molar-refractivity contribution < 1.29 is 27.9 Å². The van der Waals surface area contributed by atoms with Crippen LogP contribution in [0.25, 0.3) is 11.2 Å². The van der Waals surface area contributed by atoms with Crippen LogP contribution in [0.4, 0.5) is 5.82 Å². The third kappa shape index (κ3) is 4.64. The molecule has 2 aromatic heterocycles. The number of anilines is 1. The molecule has 4 N–H and O–H groups in total. The number of rotatable bonds is 8. The first kappa shape index (κ1) is 29.5. The molecule has 4 atom stereocenters. The van der Waals surface area contributed by atoms with Gasteiger partial charge in [-0.05, 0) is 35.0 Å². The van der Waals surface area contributed by atoms with E-state index in [9.17, 15) is 10.2 Å². The summed E-state index contributed by atoms with van der Waals surface area (Å²) in [5.41, 5.74) is 6.00. The Bertz CT molecular complexity index is 1100. The fraction of sp³-hybridized carbons (Fsp3) is 0.800. The van der Waals surface area contributed by atoms with E-state index in [1.807, 2.05) is 0 Å². The number of aliphatic hydroxyl groups is 2. The number of nitrogens with two attached hydrogens (primary N) is 1. The molecule has 0 amide bonds. The summed E-state index contributed by atoms with van der Waals surface area (Å²) in [6.45, 7) is 17.4. The van der Waals surface area contributed by atoms with Gasteiger partial charge in [0.25, 0.3) is 0 Å². The van der Waals surface area contributed by atoms with Crippen molar-refractivity contribution in [1.29, 1.82) is 0 Å². The van der Waals surface area contributed by atoms with Gasteiger partial charge in [0.2, 0.25) is 0 Å². The Morgan fingerprint density at radius 2 is 1.66 bits per heavy atom. The number of nitrogens with zero attached hydrogens (tertiary/aromatic N) is 4. The van der Waals surface area contributed by atoms with Gasteiger partial charge in [-0.15, -0.1) is 0 Å². The lowest BCUT2D eigenvalue weighted by Gasteiger charge is -2.52. The standard InChI is InChI=1S/C25H45N5O6Si2/c1-15(2)37(16(3)4)33-12-19-21(35-38(36-37,17(5)6)18(7)8)25(32,10-9-11-31)24(34-19)30-14-29-20-22(26)27-13-28-23(20)30/h13-19,21,24,31-32H,9-12H2,1-8H3,(H2,26,27,28)/t19-,21-,24?,25-/m1/s1. The summed E-state index contributed by atoms with van der Waals surface area (Å²) in [6, 6.07) is 0. The van der Waals surface area contributed by atoms with Gasteiger partial charge in [0.05, 0.1) is 12.9 Å². The van der Waals surface area contributed by atoms with Gasteiger partial charge in [-0.3, -0.25) is 4.57 Å². The molecular formula is C25H45N5O6Si2. The first-order chi connectivity index (χ1) is 17.8. The van der Waals surface area contributed by atoms with Gasteiger partial charge in [-0.25, -0.2) is 15.0 Å². The molecule has 0 radical (unpaired) electrons. The zero-order valence-corrected chi connectivity index (χ0v) is 25.9. The van der Waals surface area contributed by atoms with Gasteiger partial charge in [-0.2, -0.15) is 0 Å². The van der Waals surface area contributed by atoms with Crippen molar-refractivity contribution in [2.75, 3.05) is 18.9 Å². The summed E-state index contributed by atoms with van der Waals surface area (Å²) in [4.78, 5) is 12.8.